The lowest BCUT2D eigenvalue weighted by Gasteiger charge is -2.21. The molecule has 25 heavy (non-hydrogen) atoms. The first kappa shape index (κ1) is 17.1. The minimum atomic E-state index is -0.0823. The van der Waals surface area contributed by atoms with Gasteiger partial charge in [-0.3, -0.25) is 4.79 Å². The summed E-state index contributed by atoms with van der Waals surface area (Å²) in [5.74, 6) is 1.19. The maximum Gasteiger partial charge on any atom is 0.230 e. The van der Waals surface area contributed by atoms with Gasteiger partial charge in [-0.05, 0) is 36.1 Å². The number of benzene rings is 1. The standard InChI is InChI=1S/C19H20N4OS/c1-2-23(14-15-7-4-3-5-8-15)18-11-10-17(21-22-18)20-19(24)13-16-9-6-12-25-16/h3-12H,2,13-14H2,1H3,(H,20,21,24). The fourth-order valence-electron chi connectivity index (χ4n) is 2.48. The van der Waals surface area contributed by atoms with Crippen molar-refractivity contribution in [2.75, 3.05) is 16.8 Å². The summed E-state index contributed by atoms with van der Waals surface area (Å²) in [5.41, 5.74) is 1.22. The van der Waals surface area contributed by atoms with Gasteiger partial charge in [0.05, 0.1) is 6.42 Å². The Morgan fingerprint density at radius 1 is 1.08 bits per heavy atom. The molecule has 3 rings (SSSR count). The summed E-state index contributed by atoms with van der Waals surface area (Å²) < 4.78 is 0. The number of aromatic nitrogens is 2. The van der Waals surface area contributed by atoms with E-state index in [4.69, 9.17) is 0 Å². The lowest BCUT2D eigenvalue weighted by Crippen LogP contribution is -2.23. The van der Waals surface area contributed by atoms with Crippen LogP contribution in [-0.2, 0) is 17.8 Å². The zero-order valence-electron chi connectivity index (χ0n) is 14.1. The van der Waals surface area contributed by atoms with E-state index >= 15 is 0 Å². The summed E-state index contributed by atoms with van der Waals surface area (Å²) in [6.07, 6.45) is 0.357. The van der Waals surface area contributed by atoms with Gasteiger partial charge < -0.3 is 10.2 Å². The third-order valence-electron chi connectivity index (χ3n) is 3.75. The molecule has 0 unspecified atom stereocenters. The Hall–Kier alpha value is -2.73. The van der Waals surface area contributed by atoms with Gasteiger partial charge in [-0.2, -0.15) is 0 Å². The van der Waals surface area contributed by atoms with Crippen LogP contribution in [0.15, 0.2) is 60.0 Å². The number of nitrogens with zero attached hydrogens (tertiary/aromatic N) is 3. The Morgan fingerprint density at radius 3 is 2.56 bits per heavy atom. The average Bonchev–Trinajstić information content (AvgIpc) is 3.14. The molecule has 0 aliphatic carbocycles. The van der Waals surface area contributed by atoms with Gasteiger partial charge in [-0.15, -0.1) is 21.5 Å². The number of carbonyl (C=O) groups is 1. The Bertz CT molecular complexity index is 788. The first-order chi connectivity index (χ1) is 12.2. The molecule has 128 valence electrons. The van der Waals surface area contributed by atoms with Gasteiger partial charge in [0.25, 0.3) is 0 Å². The van der Waals surface area contributed by atoms with Crippen molar-refractivity contribution in [1.29, 1.82) is 0 Å². The van der Waals surface area contributed by atoms with Crippen molar-refractivity contribution >= 4 is 28.9 Å². The third kappa shape index (κ3) is 4.87. The second-order valence-electron chi connectivity index (χ2n) is 5.58. The van der Waals surface area contributed by atoms with E-state index in [1.165, 1.54) is 5.56 Å². The molecule has 6 heteroatoms. The third-order valence-corrected chi connectivity index (χ3v) is 4.63. The molecule has 2 heterocycles. The van der Waals surface area contributed by atoms with Crippen LogP contribution in [0.3, 0.4) is 0 Å². The van der Waals surface area contributed by atoms with E-state index in [0.29, 0.717) is 12.2 Å². The number of nitrogens with one attached hydrogen (secondary N) is 1. The van der Waals surface area contributed by atoms with Crippen LogP contribution >= 0.6 is 11.3 Å². The van der Waals surface area contributed by atoms with Crippen molar-refractivity contribution < 1.29 is 4.79 Å². The largest absolute Gasteiger partial charge is 0.351 e. The molecule has 0 aliphatic rings. The summed E-state index contributed by atoms with van der Waals surface area (Å²) >= 11 is 1.57. The number of carbonyl (C=O) groups excluding carboxylic acids is 1. The molecule has 0 aliphatic heterocycles. The van der Waals surface area contributed by atoms with Gasteiger partial charge in [0.15, 0.2) is 11.6 Å². The first-order valence-corrected chi connectivity index (χ1v) is 9.07. The van der Waals surface area contributed by atoms with Gasteiger partial charge in [0.2, 0.25) is 5.91 Å². The van der Waals surface area contributed by atoms with E-state index < -0.39 is 0 Å². The normalized spacial score (nSPS) is 10.4. The van der Waals surface area contributed by atoms with E-state index in [2.05, 4.69) is 39.5 Å². The van der Waals surface area contributed by atoms with Crippen molar-refractivity contribution in [1.82, 2.24) is 10.2 Å². The molecule has 2 aromatic heterocycles. The fraction of sp³-hybridized carbons (Fsp3) is 0.211. The van der Waals surface area contributed by atoms with E-state index in [-0.39, 0.29) is 5.91 Å². The second kappa shape index (κ2) is 8.39. The monoisotopic (exact) mass is 352 g/mol. The Balaban J connectivity index is 1.61. The predicted molar refractivity (Wildman–Crippen MR) is 102 cm³/mol. The van der Waals surface area contributed by atoms with Crippen LogP contribution in [0.1, 0.15) is 17.4 Å². The van der Waals surface area contributed by atoms with Crippen molar-refractivity contribution in [3.05, 3.63) is 70.4 Å². The number of amides is 1. The molecule has 0 bridgehead atoms. The average molecular weight is 352 g/mol. The van der Waals surface area contributed by atoms with Crippen molar-refractivity contribution in [3.8, 4) is 0 Å². The number of rotatable bonds is 7. The number of thiophene rings is 1. The molecule has 1 aromatic carbocycles. The topological polar surface area (TPSA) is 58.1 Å². The molecular weight excluding hydrogens is 332 g/mol. The first-order valence-electron chi connectivity index (χ1n) is 8.19. The maximum atomic E-state index is 12.0. The van der Waals surface area contributed by atoms with Crippen LogP contribution in [0, 0.1) is 0 Å². The highest BCUT2D eigenvalue weighted by Gasteiger charge is 2.10. The Kier molecular flexibility index (Phi) is 5.74. The minimum Gasteiger partial charge on any atom is -0.351 e. The van der Waals surface area contributed by atoms with Crippen LogP contribution in [-0.4, -0.2) is 22.6 Å². The van der Waals surface area contributed by atoms with E-state index in [1.54, 1.807) is 17.4 Å². The molecule has 0 atom stereocenters. The van der Waals surface area contributed by atoms with Crippen LogP contribution in [0.4, 0.5) is 11.6 Å². The summed E-state index contributed by atoms with van der Waals surface area (Å²) in [5, 5.41) is 13.1. The summed E-state index contributed by atoms with van der Waals surface area (Å²) in [4.78, 5) is 15.2. The van der Waals surface area contributed by atoms with Crippen LogP contribution in [0.5, 0.6) is 0 Å². The van der Waals surface area contributed by atoms with Crippen molar-refractivity contribution in [2.45, 2.75) is 19.9 Å². The zero-order chi connectivity index (χ0) is 17.5. The number of anilines is 2. The molecule has 3 aromatic rings. The predicted octanol–water partition coefficient (Wildman–Crippen LogP) is 3.75. The van der Waals surface area contributed by atoms with E-state index in [1.807, 2.05) is 41.8 Å². The Morgan fingerprint density at radius 2 is 1.92 bits per heavy atom. The highest BCUT2D eigenvalue weighted by molar-refractivity contribution is 7.10. The van der Waals surface area contributed by atoms with Crippen molar-refractivity contribution in [2.24, 2.45) is 0 Å². The molecule has 5 nitrogen and oxygen atoms in total. The smallest absolute Gasteiger partial charge is 0.230 e. The summed E-state index contributed by atoms with van der Waals surface area (Å²) in [6.45, 7) is 3.69. The Labute approximate surface area is 151 Å². The van der Waals surface area contributed by atoms with Gasteiger partial charge in [0, 0.05) is 18.0 Å². The molecule has 0 saturated carbocycles. The summed E-state index contributed by atoms with van der Waals surface area (Å²) in [6, 6.07) is 17.8. The molecule has 1 N–H and O–H groups in total. The second-order valence-corrected chi connectivity index (χ2v) is 6.61. The molecule has 0 saturated heterocycles. The summed E-state index contributed by atoms with van der Waals surface area (Å²) in [7, 11) is 0. The van der Waals surface area contributed by atoms with Crippen LogP contribution in [0.25, 0.3) is 0 Å². The molecule has 0 radical (unpaired) electrons. The lowest BCUT2D eigenvalue weighted by atomic mass is 10.2. The molecule has 0 fully saturated rings. The SMILES string of the molecule is CCN(Cc1ccccc1)c1ccc(NC(=O)Cc2cccs2)nn1. The fourth-order valence-corrected chi connectivity index (χ4v) is 3.18. The highest BCUT2D eigenvalue weighted by atomic mass is 32.1. The van der Waals surface area contributed by atoms with Gasteiger partial charge in [0.1, 0.15) is 0 Å². The van der Waals surface area contributed by atoms with E-state index in [0.717, 1.165) is 23.8 Å². The van der Waals surface area contributed by atoms with Crippen LogP contribution in [0.2, 0.25) is 0 Å². The number of hydrogen-bond donors (Lipinski definition) is 1. The van der Waals surface area contributed by atoms with Gasteiger partial charge in [-0.1, -0.05) is 36.4 Å². The molecule has 1 amide bonds. The quantitative estimate of drug-likeness (QED) is 0.704. The van der Waals surface area contributed by atoms with Gasteiger partial charge in [-0.25, -0.2) is 0 Å². The molecular formula is C19H20N4OS. The molecule has 0 spiro atoms. The van der Waals surface area contributed by atoms with E-state index in [9.17, 15) is 4.79 Å². The lowest BCUT2D eigenvalue weighted by molar-refractivity contribution is -0.115. The van der Waals surface area contributed by atoms with Crippen LogP contribution < -0.4 is 10.2 Å². The maximum absolute atomic E-state index is 12.0. The highest BCUT2D eigenvalue weighted by Crippen LogP contribution is 2.16. The van der Waals surface area contributed by atoms with Gasteiger partial charge >= 0.3 is 0 Å². The minimum absolute atomic E-state index is 0.0823. The number of hydrogen-bond acceptors (Lipinski definition) is 5. The van der Waals surface area contributed by atoms with Crippen molar-refractivity contribution in [3.63, 3.8) is 0 Å². The zero-order valence-corrected chi connectivity index (χ0v) is 14.9.